The van der Waals surface area contributed by atoms with E-state index in [1.807, 2.05) is 0 Å². The Morgan fingerprint density at radius 3 is 2.35 bits per heavy atom. The van der Waals surface area contributed by atoms with Crippen LogP contribution in [0.4, 0.5) is 0 Å². The molecule has 1 rings (SSSR count). The highest BCUT2D eigenvalue weighted by atomic mass is 14.9. The molecule has 1 atom stereocenters. The fourth-order valence-electron chi connectivity index (χ4n) is 2.21. The Labute approximate surface area is 107 Å². The highest BCUT2D eigenvalue weighted by Crippen LogP contribution is 2.14. The van der Waals surface area contributed by atoms with Gasteiger partial charge in [-0.15, -0.1) is 0 Å². The SMILES string of the molecule is CCNC(CCc1ccc(C)c(C)c1)C(C)C. The van der Waals surface area contributed by atoms with Crippen LogP contribution in [0.5, 0.6) is 0 Å². The van der Waals surface area contributed by atoms with Crippen molar-refractivity contribution < 1.29 is 0 Å². The first-order chi connectivity index (χ1) is 8.04. The monoisotopic (exact) mass is 233 g/mol. The molecule has 0 saturated carbocycles. The minimum absolute atomic E-state index is 0.640. The zero-order valence-electron chi connectivity index (χ0n) is 12.0. The Balaban J connectivity index is 2.56. The Morgan fingerprint density at radius 1 is 1.12 bits per heavy atom. The van der Waals surface area contributed by atoms with Gasteiger partial charge in [0.25, 0.3) is 0 Å². The van der Waals surface area contributed by atoms with Crippen molar-refractivity contribution in [3.8, 4) is 0 Å². The second-order valence-corrected chi connectivity index (χ2v) is 5.37. The normalized spacial score (nSPS) is 13.1. The Hall–Kier alpha value is -0.820. The third-order valence-corrected chi connectivity index (χ3v) is 3.59. The fraction of sp³-hybridized carbons (Fsp3) is 0.625. The second-order valence-electron chi connectivity index (χ2n) is 5.37. The predicted molar refractivity (Wildman–Crippen MR) is 76.5 cm³/mol. The Kier molecular flexibility index (Phi) is 5.70. The number of nitrogens with one attached hydrogen (secondary N) is 1. The van der Waals surface area contributed by atoms with Crippen molar-refractivity contribution in [2.45, 2.75) is 53.5 Å². The van der Waals surface area contributed by atoms with Crippen LogP contribution in [0, 0.1) is 19.8 Å². The zero-order valence-corrected chi connectivity index (χ0v) is 12.0. The van der Waals surface area contributed by atoms with Crippen molar-refractivity contribution in [3.05, 3.63) is 34.9 Å². The third kappa shape index (κ3) is 4.51. The standard InChI is InChI=1S/C16H27N/c1-6-17-16(12(2)3)10-9-15-8-7-13(4)14(5)11-15/h7-8,11-12,16-17H,6,9-10H2,1-5H3. The topological polar surface area (TPSA) is 12.0 Å². The molecule has 96 valence electrons. The first-order valence-electron chi connectivity index (χ1n) is 6.84. The van der Waals surface area contributed by atoms with Gasteiger partial charge in [0, 0.05) is 6.04 Å². The van der Waals surface area contributed by atoms with Gasteiger partial charge in [-0.25, -0.2) is 0 Å². The summed E-state index contributed by atoms with van der Waals surface area (Å²) in [5.74, 6) is 0.710. The number of aryl methyl sites for hydroxylation is 3. The minimum Gasteiger partial charge on any atom is -0.314 e. The quantitative estimate of drug-likeness (QED) is 0.786. The number of hydrogen-bond acceptors (Lipinski definition) is 1. The summed E-state index contributed by atoms with van der Waals surface area (Å²) >= 11 is 0. The van der Waals surface area contributed by atoms with Crippen LogP contribution in [-0.2, 0) is 6.42 Å². The lowest BCUT2D eigenvalue weighted by Crippen LogP contribution is -2.34. The molecule has 0 aliphatic carbocycles. The van der Waals surface area contributed by atoms with Crippen molar-refractivity contribution in [2.24, 2.45) is 5.92 Å². The molecular weight excluding hydrogens is 206 g/mol. The first kappa shape index (κ1) is 14.2. The summed E-state index contributed by atoms with van der Waals surface area (Å²) in [6.45, 7) is 12.2. The van der Waals surface area contributed by atoms with Crippen molar-refractivity contribution in [3.63, 3.8) is 0 Å². The lowest BCUT2D eigenvalue weighted by atomic mass is 9.95. The van der Waals surface area contributed by atoms with E-state index in [0.717, 1.165) is 6.54 Å². The van der Waals surface area contributed by atoms with Gasteiger partial charge in [0.15, 0.2) is 0 Å². The molecule has 1 aromatic rings. The largest absolute Gasteiger partial charge is 0.314 e. The molecule has 0 bridgehead atoms. The average Bonchev–Trinajstić information content (AvgIpc) is 2.28. The van der Waals surface area contributed by atoms with Gasteiger partial charge in [-0.05, 0) is 55.8 Å². The van der Waals surface area contributed by atoms with Crippen LogP contribution in [0.15, 0.2) is 18.2 Å². The summed E-state index contributed by atoms with van der Waals surface area (Å²) < 4.78 is 0. The molecule has 0 heterocycles. The summed E-state index contributed by atoms with van der Waals surface area (Å²) in [5, 5.41) is 3.58. The summed E-state index contributed by atoms with van der Waals surface area (Å²) in [6, 6.07) is 7.48. The highest BCUT2D eigenvalue weighted by molar-refractivity contribution is 5.29. The number of rotatable bonds is 6. The van der Waals surface area contributed by atoms with E-state index in [2.05, 4.69) is 58.1 Å². The second kappa shape index (κ2) is 6.80. The summed E-state index contributed by atoms with van der Waals surface area (Å²) in [5.41, 5.74) is 4.27. The number of benzene rings is 1. The smallest absolute Gasteiger partial charge is 0.00931 e. The summed E-state index contributed by atoms with van der Waals surface area (Å²) in [4.78, 5) is 0. The van der Waals surface area contributed by atoms with Gasteiger partial charge in [0.1, 0.15) is 0 Å². The van der Waals surface area contributed by atoms with Gasteiger partial charge in [0.2, 0.25) is 0 Å². The van der Waals surface area contributed by atoms with Crippen molar-refractivity contribution in [2.75, 3.05) is 6.54 Å². The summed E-state index contributed by atoms with van der Waals surface area (Å²) in [7, 11) is 0. The fourth-order valence-corrected chi connectivity index (χ4v) is 2.21. The zero-order chi connectivity index (χ0) is 12.8. The molecule has 1 unspecified atom stereocenters. The van der Waals surface area contributed by atoms with Gasteiger partial charge >= 0.3 is 0 Å². The summed E-state index contributed by atoms with van der Waals surface area (Å²) in [6.07, 6.45) is 2.41. The van der Waals surface area contributed by atoms with Crippen molar-refractivity contribution in [1.29, 1.82) is 0 Å². The minimum atomic E-state index is 0.640. The van der Waals surface area contributed by atoms with Crippen LogP contribution < -0.4 is 5.32 Å². The van der Waals surface area contributed by atoms with Crippen LogP contribution in [0.3, 0.4) is 0 Å². The Bertz CT molecular complexity index is 341. The maximum Gasteiger partial charge on any atom is 0.00931 e. The molecule has 1 aromatic carbocycles. The lowest BCUT2D eigenvalue weighted by molar-refractivity contribution is 0.385. The molecule has 1 N–H and O–H groups in total. The van der Waals surface area contributed by atoms with Gasteiger partial charge in [0.05, 0.1) is 0 Å². The first-order valence-corrected chi connectivity index (χ1v) is 6.84. The maximum atomic E-state index is 3.58. The van der Waals surface area contributed by atoms with Gasteiger partial charge in [-0.3, -0.25) is 0 Å². The van der Waals surface area contributed by atoms with E-state index in [4.69, 9.17) is 0 Å². The maximum absolute atomic E-state index is 3.58. The Morgan fingerprint density at radius 2 is 1.82 bits per heavy atom. The van der Waals surface area contributed by atoms with E-state index >= 15 is 0 Å². The van der Waals surface area contributed by atoms with Crippen molar-refractivity contribution in [1.82, 2.24) is 5.32 Å². The van der Waals surface area contributed by atoms with Crippen LogP contribution in [0.25, 0.3) is 0 Å². The molecular formula is C16H27N. The molecule has 0 saturated heterocycles. The molecule has 0 amide bonds. The molecule has 0 aromatic heterocycles. The molecule has 0 spiro atoms. The molecule has 0 fully saturated rings. The van der Waals surface area contributed by atoms with Gasteiger partial charge < -0.3 is 5.32 Å². The van der Waals surface area contributed by atoms with E-state index in [-0.39, 0.29) is 0 Å². The number of hydrogen-bond donors (Lipinski definition) is 1. The molecule has 17 heavy (non-hydrogen) atoms. The van der Waals surface area contributed by atoms with Crippen molar-refractivity contribution >= 4 is 0 Å². The van der Waals surface area contributed by atoms with E-state index in [1.54, 1.807) is 0 Å². The van der Waals surface area contributed by atoms with E-state index in [0.29, 0.717) is 12.0 Å². The molecule has 0 aliphatic heterocycles. The van der Waals surface area contributed by atoms with Crippen LogP contribution in [-0.4, -0.2) is 12.6 Å². The third-order valence-electron chi connectivity index (χ3n) is 3.59. The van der Waals surface area contributed by atoms with Gasteiger partial charge in [-0.2, -0.15) is 0 Å². The van der Waals surface area contributed by atoms with Crippen LogP contribution >= 0.6 is 0 Å². The predicted octanol–water partition coefficient (Wildman–Crippen LogP) is 3.87. The van der Waals surface area contributed by atoms with Gasteiger partial charge in [-0.1, -0.05) is 39.0 Å². The molecule has 0 radical (unpaired) electrons. The van der Waals surface area contributed by atoms with Crippen LogP contribution in [0.1, 0.15) is 43.9 Å². The van der Waals surface area contributed by atoms with Crippen LogP contribution in [0.2, 0.25) is 0 Å². The molecule has 0 aliphatic rings. The van der Waals surface area contributed by atoms with E-state index in [9.17, 15) is 0 Å². The average molecular weight is 233 g/mol. The highest BCUT2D eigenvalue weighted by Gasteiger charge is 2.11. The lowest BCUT2D eigenvalue weighted by Gasteiger charge is -2.21. The van der Waals surface area contributed by atoms with E-state index in [1.165, 1.54) is 29.5 Å². The van der Waals surface area contributed by atoms with E-state index < -0.39 is 0 Å². The molecule has 1 nitrogen and oxygen atoms in total. The molecule has 1 heteroatoms.